The van der Waals surface area contributed by atoms with Crippen molar-refractivity contribution in [1.29, 1.82) is 0 Å². The van der Waals surface area contributed by atoms with Crippen molar-refractivity contribution in [2.75, 3.05) is 39.9 Å². The summed E-state index contributed by atoms with van der Waals surface area (Å²) in [4.78, 5) is 18.5. The number of nitrogens with zero attached hydrogens (tertiary/aromatic N) is 2. The summed E-state index contributed by atoms with van der Waals surface area (Å²) in [5, 5.41) is 12.6. The summed E-state index contributed by atoms with van der Waals surface area (Å²) in [5.41, 5.74) is -0.242. The predicted molar refractivity (Wildman–Crippen MR) is 98.5 cm³/mol. The number of guanidine groups is 1. The molecule has 7 heteroatoms. The highest BCUT2D eigenvalue weighted by Crippen LogP contribution is 2.24. The molecular weight excluding hydrogens is 397 g/mol. The molecule has 2 atom stereocenters. The zero-order valence-corrected chi connectivity index (χ0v) is 16.6. The van der Waals surface area contributed by atoms with Gasteiger partial charge in [0.25, 0.3) is 0 Å². The van der Waals surface area contributed by atoms with Crippen LogP contribution in [0.4, 0.5) is 0 Å². The van der Waals surface area contributed by atoms with E-state index in [4.69, 9.17) is 4.74 Å². The highest BCUT2D eigenvalue weighted by atomic mass is 127. The number of aliphatic hydroxyl groups is 1. The molecule has 0 aromatic rings. The van der Waals surface area contributed by atoms with Crippen LogP contribution in [0.15, 0.2) is 4.99 Å². The number of esters is 1. The number of aliphatic imine (C=N–C) groups is 1. The Morgan fingerprint density at radius 1 is 1.45 bits per heavy atom. The number of carbonyl (C=O) groups is 1. The first-order chi connectivity index (χ1) is 9.84. The Kier molecular flexibility index (Phi) is 9.30. The van der Waals surface area contributed by atoms with Crippen LogP contribution >= 0.6 is 24.0 Å². The minimum atomic E-state index is -0.242. The van der Waals surface area contributed by atoms with Crippen molar-refractivity contribution >= 4 is 35.9 Å². The number of nitrogens with one attached hydrogen (secondary N) is 1. The first-order valence-corrected chi connectivity index (χ1v) is 7.56. The summed E-state index contributed by atoms with van der Waals surface area (Å²) in [7, 11) is 1.43. The summed E-state index contributed by atoms with van der Waals surface area (Å²) in [6.45, 7) is 10.8. The van der Waals surface area contributed by atoms with Crippen molar-refractivity contribution in [3.8, 4) is 0 Å². The van der Waals surface area contributed by atoms with Gasteiger partial charge < -0.3 is 20.1 Å². The fraction of sp³-hybridized carbons (Fsp3) is 0.867. The first kappa shape index (κ1) is 21.4. The Bertz CT molecular complexity index is 388. The highest BCUT2D eigenvalue weighted by Gasteiger charge is 2.37. The first-order valence-electron chi connectivity index (χ1n) is 7.56. The topological polar surface area (TPSA) is 74.2 Å². The molecule has 0 bridgehead atoms. The molecule has 1 aliphatic rings. The van der Waals surface area contributed by atoms with E-state index < -0.39 is 0 Å². The Morgan fingerprint density at radius 3 is 2.59 bits per heavy atom. The third-order valence-electron chi connectivity index (χ3n) is 3.84. The Morgan fingerprint density at radius 2 is 2.09 bits per heavy atom. The Hall–Kier alpha value is -0.570. The second kappa shape index (κ2) is 9.54. The lowest BCUT2D eigenvalue weighted by molar-refractivity contribution is -0.145. The molecule has 6 nitrogen and oxygen atoms in total. The molecule has 0 aliphatic carbocycles. The number of methoxy groups -OCH3 is 1. The maximum absolute atomic E-state index is 11.8. The van der Waals surface area contributed by atoms with Gasteiger partial charge in [0.1, 0.15) is 0 Å². The molecule has 1 saturated heterocycles. The third-order valence-corrected chi connectivity index (χ3v) is 3.84. The van der Waals surface area contributed by atoms with Crippen molar-refractivity contribution in [2.24, 2.45) is 22.2 Å². The maximum atomic E-state index is 11.8. The molecule has 1 fully saturated rings. The highest BCUT2D eigenvalue weighted by molar-refractivity contribution is 14.0. The lowest BCUT2D eigenvalue weighted by Gasteiger charge is -2.24. The van der Waals surface area contributed by atoms with Gasteiger partial charge >= 0.3 is 5.97 Å². The molecule has 1 aliphatic heterocycles. The van der Waals surface area contributed by atoms with Gasteiger partial charge in [-0.15, -0.1) is 24.0 Å². The number of likely N-dealkylation sites (tertiary alicyclic amines) is 1. The number of aliphatic hydroxyl groups excluding tert-OH is 1. The maximum Gasteiger partial charge on any atom is 0.310 e. The molecule has 0 saturated carbocycles. The molecule has 0 aromatic carbocycles. The van der Waals surface area contributed by atoms with Crippen LogP contribution in [0.2, 0.25) is 0 Å². The van der Waals surface area contributed by atoms with Crippen LogP contribution in [0.5, 0.6) is 0 Å². The number of rotatable bonds is 5. The van der Waals surface area contributed by atoms with E-state index in [9.17, 15) is 9.90 Å². The molecule has 0 amide bonds. The molecule has 2 N–H and O–H groups in total. The van der Waals surface area contributed by atoms with Crippen molar-refractivity contribution < 1.29 is 14.6 Å². The molecule has 130 valence electrons. The van der Waals surface area contributed by atoms with Gasteiger partial charge in [-0.2, -0.15) is 0 Å². The van der Waals surface area contributed by atoms with Gasteiger partial charge in [-0.25, -0.2) is 0 Å². The summed E-state index contributed by atoms with van der Waals surface area (Å²) in [5.74, 6) is 0.783. The zero-order chi connectivity index (χ0) is 16.0. The molecule has 0 radical (unpaired) electrons. The van der Waals surface area contributed by atoms with E-state index in [1.807, 2.05) is 20.8 Å². The Balaban J connectivity index is 0.00000441. The van der Waals surface area contributed by atoms with Crippen molar-refractivity contribution in [1.82, 2.24) is 10.2 Å². The molecule has 0 aromatic heterocycles. The monoisotopic (exact) mass is 427 g/mol. The molecule has 1 heterocycles. The van der Waals surface area contributed by atoms with Gasteiger partial charge in [0, 0.05) is 31.7 Å². The molecule has 22 heavy (non-hydrogen) atoms. The van der Waals surface area contributed by atoms with Gasteiger partial charge in [0.2, 0.25) is 0 Å². The van der Waals surface area contributed by atoms with Gasteiger partial charge in [0.05, 0.1) is 19.6 Å². The third kappa shape index (κ3) is 5.91. The van der Waals surface area contributed by atoms with Crippen LogP contribution in [0.1, 0.15) is 27.7 Å². The number of halogens is 1. The second-order valence-corrected chi connectivity index (χ2v) is 6.50. The Labute approximate surface area is 150 Å². The molecule has 2 unspecified atom stereocenters. The van der Waals surface area contributed by atoms with Crippen LogP contribution in [-0.2, 0) is 9.53 Å². The average Bonchev–Trinajstić information content (AvgIpc) is 2.84. The largest absolute Gasteiger partial charge is 0.469 e. The van der Waals surface area contributed by atoms with Crippen LogP contribution < -0.4 is 5.32 Å². The standard InChI is InChI=1S/C15H29N3O3.HI/c1-6-16-14(17-9-15(3,4)10-19)18-7-11(2)12(8-18)13(20)21-5;/h11-12,19H,6-10H2,1-5H3,(H,16,17);1H. The minimum Gasteiger partial charge on any atom is -0.469 e. The van der Waals surface area contributed by atoms with E-state index >= 15 is 0 Å². The van der Waals surface area contributed by atoms with Crippen molar-refractivity contribution in [3.05, 3.63) is 0 Å². The summed E-state index contributed by atoms with van der Waals surface area (Å²) < 4.78 is 4.87. The van der Waals surface area contributed by atoms with Crippen molar-refractivity contribution in [3.63, 3.8) is 0 Å². The molecular formula is C15H30IN3O3. The van der Waals surface area contributed by atoms with Gasteiger partial charge in [0.15, 0.2) is 5.96 Å². The predicted octanol–water partition coefficient (Wildman–Crippen LogP) is 1.33. The van der Waals surface area contributed by atoms with E-state index in [-0.39, 0.29) is 53.8 Å². The van der Waals surface area contributed by atoms with Gasteiger partial charge in [-0.3, -0.25) is 9.79 Å². The van der Waals surface area contributed by atoms with Gasteiger partial charge in [-0.1, -0.05) is 20.8 Å². The number of carbonyl (C=O) groups excluding carboxylic acids is 1. The number of hydrogen-bond donors (Lipinski definition) is 2. The normalized spacial score (nSPS) is 22.3. The smallest absolute Gasteiger partial charge is 0.310 e. The summed E-state index contributed by atoms with van der Waals surface area (Å²) >= 11 is 0. The summed E-state index contributed by atoms with van der Waals surface area (Å²) in [6.07, 6.45) is 0. The van der Waals surface area contributed by atoms with E-state index in [0.717, 1.165) is 19.0 Å². The number of ether oxygens (including phenoxy) is 1. The fourth-order valence-corrected chi connectivity index (χ4v) is 2.36. The molecule has 1 rings (SSSR count). The summed E-state index contributed by atoms with van der Waals surface area (Å²) in [6, 6.07) is 0. The number of hydrogen-bond acceptors (Lipinski definition) is 4. The zero-order valence-electron chi connectivity index (χ0n) is 14.3. The molecule has 0 spiro atoms. The second-order valence-electron chi connectivity index (χ2n) is 6.50. The van der Waals surface area contributed by atoms with E-state index in [0.29, 0.717) is 13.1 Å². The van der Waals surface area contributed by atoms with Crippen LogP contribution in [0, 0.1) is 17.3 Å². The fourth-order valence-electron chi connectivity index (χ4n) is 2.36. The van der Waals surface area contributed by atoms with Gasteiger partial charge in [-0.05, 0) is 12.8 Å². The average molecular weight is 427 g/mol. The lowest BCUT2D eigenvalue weighted by Crippen LogP contribution is -2.41. The van der Waals surface area contributed by atoms with Crippen LogP contribution in [0.25, 0.3) is 0 Å². The lowest BCUT2D eigenvalue weighted by atomic mass is 9.95. The minimum absolute atomic E-state index is 0. The SMILES string of the molecule is CCNC(=NCC(C)(C)CO)N1CC(C)C(C(=O)OC)C1.I. The van der Waals surface area contributed by atoms with Crippen LogP contribution in [-0.4, -0.2) is 61.8 Å². The van der Waals surface area contributed by atoms with Crippen LogP contribution in [0.3, 0.4) is 0 Å². The van der Waals surface area contributed by atoms with E-state index in [2.05, 4.69) is 22.1 Å². The van der Waals surface area contributed by atoms with E-state index in [1.54, 1.807) is 0 Å². The van der Waals surface area contributed by atoms with Crippen molar-refractivity contribution in [2.45, 2.75) is 27.7 Å². The van der Waals surface area contributed by atoms with E-state index in [1.165, 1.54) is 7.11 Å². The quantitative estimate of drug-likeness (QED) is 0.300.